The number of ketones is 1. The van der Waals surface area contributed by atoms with E-state index in [2.05, 4.69) is 15.9 Å². The molecule has 2 rings (SSSR count). The Morgan fingerprint density at radius 1 is 1.29 bits per heavy atom. The van der Waals surface area contributed by atoms with Crippen LogP contribution in [0.1, 0.15) is 12.8 Å². The Balaban J connectivity index is 1.80. The smallest absolute Gasteiger partial charge is 0.133 e. The van der Waals surface area contributed by atoms with Crippen LogP contribution in [0, 0.1) is 5.92 Å². The van der Waals surface area contributed by atoms with Gasteiger partial charge in [-0.2, -0.15) is 0 Å². The SMILES string of the molecule is O=C1CC(COc2ccc(Br)cc2)C1. The number of carbonyl (C=O) groups is 1. The first kappa shape index (κ1) is 9.71. The van der Waals surface area contributed by atoms with Crippen molar-refractivity contribution in [1.29, 1.82) is 0 Å². The molecule has 0 aromatic heterocycles. The van der Waals surface area contributed by atoms with E-state index < -0.39 is 0 Å². The van der Waals surface area contributed by atoms with Gasteiger partial charge in [0.2, 0.25) is 0 Å². The molecule has 1 aliphatic carbocycles. The zero-order chi connectivity index (χ0) is 9.97. The van der Waals surface area contributed by atoms with Crippen molar-refractivity contribution in [3.05, 3.63) is 28.7 Å². The zero-order valence-corrected chi connectivity index (χ0v) is 9.29. The van der Waals surface area contributed by atoms with Crippen molar-refractivity contribution in [2.45, 2.75) is 12.8 Å². The van der Waals surface area contributed by atoms with Crippen LogP contribution in [0.5, 0.6) is 5.75 Å². The summed E-state index contributed by atoms with van der Waals surface area (Å²) in [6.07, 6.45) is 1.38. The first-order valence-electron chi connectivity index (χ1n) is 4.64. The van der Waals surface area contributed by atoms with Gasteiger partial charge in [0.1, 0.15) is 11.5 Å². The lowest BCUT2D eigenvalue weighted by molar-refractivity contribution is -0.127. The van der Waals surface area contributed by atoms with E-state index in [1.165, 1.54) is 0 Å². The van der Waals surface area contributed by atoms with E-state index >= 15 is 0 Å². The van der Waals surface area contributed by atoms with Gasteiger partial charge in [0.25, 0.3) is 0 Å². The first-order chi connectivity index (χ1) is 6.74. The highest BCUT2D eigenvalue weighted by Crippen LogP contribution is 2.24. The van der Waals surface area contributed by atoms with Gasteiger partial charge in [-0.05, 0) is 24.3 Å². The molecule has 14 heavy (non-hydrogen) atoms. The van der Waals surface area contributed by atoms with Crippen molar-refractivity contribution in [3.63, 3.8) is 0 Å². The number of benzene rings is 1. The topological polar surface area (TPSA) is 26.3 Å². The number of ether oxygens (including phenoxy) is 1. The van der Waals surface area contributed by atoms with Gasteiger partial charge in [0, 0.05) is 23.2 Å². The lowest BCUT2D eigenvalue weighted by Crippen LogP contribution is -2.28. The second kappa shape index (κ2) is 4.13. The van der Waals surface area contributed by atoms with Gasteiger partial charge in [-0.3, -0.25) is 4.79 Å². The van der Waals surface area contributed by atoms with E-state index in [1.807, 2.05) is 24.3 Å². The molecule has 1 saturated carbocycles. The second-order valence-electron chi connectivity index (χ2n) is 3.58. The summed E-state index contributed by atoms with van der Waals surface area (Å²) in [6.45, 7) is 0.660. The summed E-state index contributed by atoms with van der Waals surface area (Å²) in [7, 11) is 0. The number of halogens is 1. The van der Waals surface area contributed by atoms with E-state index in [0.717, 1.165) is 10.2 Å². The average molecular weight is 255 g/mol. The molecular weight excluding hydrogens is 244 g/mol. The van der Waals surface area contributed by atoms with Crippen molar-refractivity contribution in [2.75, 3.05) is 6.61 Å². The van der Waals surface area contributed by atoms with Crippen molar-refractivity contribution in [1.82, 2.24) is 0 Å². The van der Waals surface area contributed by atoms with Gasteiger partial charge in [0.15, 0.2) is 0 Å². The van der Waals surface area contributed by atoms with E-state index in [-0.39, 0.29) is 0 Å². The van der Waals surface area contributed by atoms with Crippen LogP contribution in [0.3, 0.4) is 0 Å². The molecule has 0 aliphatic heterocycles. The van der Waals surface area contributed by atoms with Crippen LogP contribution in [-0.4, -0.2) is 12.4 Å². The Labute approximate surface area is 91.4 Å². The Morgan fingerprint density at radius 2 is 1.93 bits per heavy atom. The van der Waals surface area contributed by atoms with E-state index in [0.29, 0.717) is 31.1 Å². The van der Waals surface area contributed by atoms with Crippen LogP contribution in [0.25, 0.3) is 0 Å². The molecule has 1 aromatic carbocycles. The monoisotopic (exact) mass is 254 g/mol. The number of rotatable bonds is 3. The summed E-state index contributed by atoms with van der Waals surface area (Å²) in [5.74, 6) is 1.66. The summed E-state index contributed by atoms with van der Waals surface area (Å²) in [4.78, 5) is 10.7. The maximum atomic E-state index is 10.7. The Bertz CT molecular complexity index is 324. The van der Waals surface area contributed by atoms with Gasteiger partial charge in [-0.1, -0.05) is 15.9 Å². The third-order valence-corrected chi connectivity index (χ3v) is 2.86. The largest absolute Gasteiger partial charge is 0.493 e. The highest BCUT2D eigenvalue weighted by Gasteiger charge is 2.26. The summed E-state index contributed by atoms with van der Waals surface area (Å²) in [6, 6.07) is 7.73. The molecule has 0 unspecified atom stereocenters. The fourth-order valence-electron chi connectivity index (χ4n) is 1.45. The fraction of sp³-hybridized carbons (Fsp3) is 0.364. The molecule has 0 amide bonds. The van der Waals surface area contributed by atoms with Crippen LogP contribution in [0.2, 0.25) is 0 Å². The molecule has 1 fully saturated rings. The third kappa shape index (κ3) is 2.35. The summed E-state index contributed by atoms with van der Waals surface area (Å²) >= 11 is 3.36. The van der Waals surface area contributed by atoms with Crippen molar-refractivity contribution < 1.29 is 9.53 Å². The standard InChI is InChI=1S/C11H11BrO2/c12-9-1-3-11(4-2-9)14-7-8-5-10(13)6-8/h1-4,8H,5-7H2. The molecule has 0 atom stereocenters. The molecule has 0 radical (unpaired) electrons. The minimum atomic E-state index is 0.356. The molecule has 0 bridgehead atoms. The van der Waals surface area contributed by atoms with Crippen molar-refractivity contribution in [2.24, 2.45) is 5.92 Å². The molecule has 74 valence electrons. The molecule has 0 saturated heterocycles. The van der Waals surface area contributed by atoms with Gasteiger partial charge >= 0.3 is 0 Å². The maximum absolute atomic E-state index is 10.7. The molecule has 1 aromatic rings. The van der Waals surface area contributed by atoms with Crippen LogP contribution in [-0.2, 0) is 4.79 Å². The Hall–Kier alpha value is -0.830. The number of Topliss-reactive ketones (excluding diaryl/α,β-unsaturated/α-hetero) is 1. The summed E-state index contributed by atoms with van der Waals surface area (Å²) < 4.78 is 6.59. The highest BCUT2D eigenvalue weighted by molar-refractivity contribution is 9.10. The Morgan fingerprint density at radius 3 is 2.50 bits per heavy atom. The summed E-state index contributed by atoms with van der Waals surface area (Å²) in [5.41, 5.74) is 0. The minimum Gasteiger partial charge on any atom is -0.493 e. The van der Waals surface area contributed by atoms with Crippen LogP contribution in [0.15, 0.2) is 28.7 Å². The van der Waals surface area contributed by atoms with Gasteiger partial charge in [0.05, 0.1) is 6.61 Å². The van der Waals surface area contributed by atoms with Gasteiger partial charge in [-0.15, -0.1) is 0 Å². The lowest BCUT2D eigenvalue weighted by atomic mass is 9.85. The van der Waals surface area contributed by atoms with Crippen LogP contribution < -0.4 is 4.74 Å². The van der Waals surface area contributed by atoms with E-state index in [1.54, 1.807) is 0 Å². The molecular formula is C11H11BrO2. The van der Waals surface area contributed by atoms with Crippen molar-refractivity contribution in [3.8, 4) is 5.75 Å². The summed E-state index contributed by atoms with van der Waals surface area (Å²) in [5, 5.41) is 0. The molecule has 3 heteroatoms. The molecule has 0 spiro atoms. The molecule has 1 aliphatic rings. The Kier molecular flexibility index (Phi) is 2.87. The van der Waals surface area contributed by atoms with E-state index in [4.69, 9.17) is 4.74 Å². The molecule has 0 heterocycles. The van der Waals surface area contributed by atoms with Crippen LogP contribution in [0.4, 0.5) is 0 Å². The quantitative estimate of drug-likeness (QED) is 0.830. The molecule has 2 nitrogen and oxygen atoms in total. The fourth-order valence-corrected chi connectivity index (χ4v) is 1.71. The predicted molar refractivity (Wildman–Crippen MR) is 57.4 cm³/mol. The number of carbonyl (C=O) groups excluding carboxylic acids is 1. The highest BCUT2D eigenvalue weighted by atomic mass is 79.9. The zero-order valence-electron chi connectivity index (χ0n) is 7.70. The first-order valence-corrected chi connectivity index (χ1v) is 5.43. The molecule has 0 N–H and O–H groups in total. The van der Waals surface area contributed by atoms with Crippen LogP contribution >= 0.6 is 15.9 Å². The maximum Gasteiger partial charge on any atom is 0.133 e. The lowest BCUT2D eigenvalue weighted by Gasteiger charge is -2.23. The second-order valence-corrected chi connectivity index (χ2v) is 4.49. The minimum absolute atomic E-state index is 0.356. The normalized spacial score (nSPS) is 16.5. The van der Waals surface area contributed by atoms with Gasteiger partial charge in [-0.25, -0.2) is 0 Å². The number of hydrogen-bond donors (Lipinski definition) is 0. The third-order valence-electron chi connectivity index (χ3n) is 2.33. The predicted octanol–water partition coefficient (Wildman–Crippen LogP) is 2.81. The van der Waals surface area contributed by atoms with Gasteiger partial charge < -0.3 is 4.74 Å². The van der Waals surface area contributed by atoms with E-state index in [9.17, 15) is 4.79 Å². The average Bonchev–Trinajstić information content (AvgIpc) is 2.13. The number of hydrogen-bond acceptors (Lipinski definition) is 2. The van der Waals surface area contributed by atoms with Crippen molar-refractivity contribution >= 4 is 21.7 Å².